The maximum Gasteiger partial charge on any atom is 0.255 e. The molecule has 3 nitrogen and oxygen atoms in total. The largest absolute Gasteiger partial charge is 0.333 e. The molecule has 1 heterocycles. The van der Waals surface area contributed by atoms with Crippen molar-refractivity contribution >= 4 is 5.91 Å². The van der Waals surface area contributed by atoms with Gasteiger partial charge < -0.3 is 10.6 Å². The normalized spacial score (nSPS) is 21.6. The molecule has 0 radical (unpaired) electrons. The van der Waals surface area contributed by atoms with Crippen LogP contribution in [0.25, 0.3) is 0 Å². The number of amides is 1. The summed E-state index contributed by atoms with van der Waals surface area (Å²) < 4.78 is 13.4. The fraction of sp³-hybridized carbons (Fsp3) is 0.471. The van der Waals surface area contributed by atoms with Crippen molar-refractivity contribution in [2.24, 2.45) is 5.73 Å². The summed E-state index contributed by atoms with van der Waals surface area (Å²) in [7, 11) is 0. The van der Waals surface area contributed by atoms with Crippen LogP contribution in [0.1, 0.15) is 49.0 Å². The maximum absolute atomic E-state index is 13.4. The van der Waals surface area contributed by atoms with Crippen molar-refractivity contribution < 1.29 is 9.18 Å². The van der Waals surface area contributed by atoms with Gasteiger partial charge in [0.15, 0.2) is 0 Å². The van der Waals surface area contributed by atoms with E-state index in [1.54, 1.807) is 0 Å². The van der Waals surface area contributed by atoms with Crippen molar-refractivity contribution in [3.63, 3.8) is 0 Å². The average molecular weight is 288 g/mol. The van der Waals surface area contributed by atoms with Gasteiger partial charge in [-0.2, -0.15) is 0 Å². The molecule has 1 aliphatic heterocycles. The molecule has 1 aromatic rings. The maximum atomic E-state index is 13.4. The number of piperidine rings is 1. The summed E-state index contributed by atoms with van der Waals surface area (Å²) in [5.74, 6) is 5.02. The zero-order chi connectivity index (χ0) is 15.4. The second kappa shape index (κ2) is 6.73. The fourth-order valence-electron chi connectivity index (χ4n) is 2.91. The summed E-state index contributed by atoms with van der Waals surface area (Å²) >= 11 is 0. The smallest absolute Gasteiger partial charge is 0.255 e. The highest BCUT2D eigenvalue weighted by Gasteiger charge is 2.30. The van der Waals surface area contributed by atoms with Gasteiger partial charge in [0.2, 0.25) is 0 Å². The highest BCUT2D eigenvalue weighted by molar-refractivity contribution is 5.97. The molecule has 2 unspecified atom stereocenters. The van der Waals surface area contributed by atoms with Crippen LogP contribution in [0.2, 0.25) is 0 Å². The Morgan fingerprint density at radius 2 is 2.05 bits per heavy atom. The van der Waals surface area contributed by atoms with Gasteiger partial charge in [0.1, 0.15) is 5.82 Å². The third-order valence-electron chi connectivity index (χ3n) is 3.97. The van der Waals surface area contributed by atoms with Gasteiger partial charge in [0.05, 0.1) is 12.1 Å². The van der Waals surface area contributed by atoms with E-state index in [2.05, 4.69) is 25.7 Å². The fourth-order valence-corrected chi connectivity index (χ4v) is 2.91. The predicted octanol–water partition coefficient (Wildman–Crippen LogP) is 2.54. The van der Waals surface area contributed by atoms with Crippen molar-refractivity contribution in [1.29, 1.82) is 0 Å². The van der Waals surface area contributed by atoms with Crippen molar-refractivity contribution in [2.75, 3.05) is 6.54 Å². The molecule has 1 amide bonds. The van der Waals surface area contributed by atoms with Crippen molar-refractivity contribution in [2.45, 2.75) is 45.2 Å². The minimum Gasteiger partial charge on any atom is -0.333 e. The van der Waals surface area contributed by atoms with Crippen LogP contribution in [-0.2, 0) is 0 Å². The highest BCUT2D eigenvalue weighted by Crippen LogP contribution is 2.25. The van der Waals surface area contributed by atoms with E-state index in [-0.39, 0.29) is 24.5 Å². The molecular formula is C17H21FN2O. The van der Waals surface area contributed by atoms with Crippen LogP contribution in [0.4, 0.5) is 4.39 Å². The SMILES string of the molecule is CC1CCCC(C)N1C(=O)c1ccc(F)cc1C#CCN. The minimum absolute atomic E-state index is 0.0731. The second-order valence-electron chi connectivity index (χ2n) is 5.54. The van der Waals surface area contributed by atoms with Gasteiger partial charge in [-0.05, 0) is 51.3 Å². The van der Waals surface area contributed by atoms with Crippen LogP contribution in [0.3, 0.4) is 0 Å². The van der Waals surface area contributed by atoms with Crippen molar-refractivity contribution in [3.8, 4) is 11.8 Å². The summed E-state index contributed by atoms with van der Waals surface area (Å²) in [5.41, 5.74) is 6.23. The monoisotopic (exact) mass is 288 g/mol. The van der Waals surface area contributed by atoms with E-state index >= 15 is 0 Å². The van der Waals surface area contributed by atoms with Gasteiger partial charge in [0, 0.05) is 17.6 Å². The molecule has 4 heteroatoms. The standard InChI is InChI=1S/C17H21FN2O/c1-12-5-3-6-13(2)20(12)17(21)16-9-8-15(18)11-14(16)7-4-10-19/h8-9,11-13H,3,5-6,10,19H2,1-2H3. The molecule has 21 heavy (non-hydrogen) atoms. The number of carbonyl (C=O) groups is 1. The van der Waals surface area contributed by atoms with E-state index < -0.39 is 5.82 Å². The van der Waals surface area contributed by atoms with Gasteiger partial charge in [-0.15, -0.1) is 0 Å². The van der Waals surface area contributed by atoms with Gasteiger partial charge in [0.25, 0.3) is 5.91 Å². The van der Waals surface area contributed by atoms with Crippen LogP contribution < -0.4 is 5.73 Å². The zero-order valence-corrected chi connectivity index (χ0v) is 12.5. The molecule has 1 fully saturated rings. The number of hydrogen-bond donors (Lipinski definition) is 1. The van der Waals surface area contributed by atoms with Gasteiger partial charge in [-0.3, -0.25) is 4.79 Å². The molecular weight excluding hydrogens is 267 g/mol. The number of nitrogens with zero attached hydrogens (tertiary/aromatic N) is 1. The first-order chi connectivity index (χ1) is 10.0. The Bertz CT molecular complexity index is 578. The lowest BCUT2D eigenvalue weighted by atomic mass is 9.95. The van der Waals surface area contributed by atoms with Crippen molar-refractivity contribution in [3.05, 3.63) is 35.1 Å². The molecule has 1 aromatic carbocycles. The first kappa shape index (κ1) is 15.5. The molecule has 2 rings (SSSR count). The number of carbonyl (C=O) groups excluding carboxylic acids is 1. The Morgan fingerprint density at radius 1 is 1.38 bits per heavy atom. The number of hydrogen-bond acceptors (Lipinski definition) is 2. The second-order valence-corrected chi connectivity index (χ2v) is 5.54. The third-order valence-corrected chi connectivity index (χ3v) is 3.97. The average Bonchev–Trinajstić information content (AvgIpc) is 2.44. The number of halogens is 1. The Kier molecular flexibility index (Phi) is 4.98. The Balaban J connectivity index is 2.38. The van der Waals surface area contributed by atoms with E-state index in [0.717, 1.165) is 19.3 Å². The van der Waals surface area contributed by atoms with Crippen LogP contribution >= 0.6 is 0 Å². The molecule has 0 aromatic heterocycles. The first-order valence-corrected chi connectivity index (χ1v) is 7.35. The number of likely N-dealkylation sites (tertiary alicyclic amines) is 1. The molecule has 0 bridgehead atoms. The van der Waals surface area contributed by atoms with Crippen molar-refractivity contribution in [1.82, 2.24) is 4.90 Å². The summed E-state index contributed by atoms with van der Waals surface area (Å²) in [5, 5.41) is 0. The lowest BCUT2D eigenvalue weighted by Gasteiger charge is -2.39. The number of rotatable bonds is 1. The molecule has 2 atom stereocenters. The van der Waals surface area contributed by atoms with E-state index in [4.69, 9.17) is 5.73 Å². The number of nitrogens with two attached hydrogens (primary N) is 1. The van der Waals surface area contributed by atoms with E-state index in [1.807, 2.05) is 4.90 Å². The molecule has 1 aliphatic rings. The summed E-state index contributed by atoms with van der Waals surface area (Å²) in [6.07, 6.45) is 3.14. The molecule has 0 spiro atoms. The molecule has 1 saturated heterocycles. The van der Waals surface area contributed by atoms with Gasteiger partial charge in [-0.1, -0.05) is 11.8 Å². The summed E-state index contributed by atoms with van der Waals surface area (Å²) in [6.45, 7) is 4.30. The molecule has 2 N–H and O–H groups in total. The lowest BCUT2D eigenvalue weighted by molar-refractivity contribution is 0.0510. The lowest BCUT2D eigenvalue weighted by Crippen LogP contribution is -2.47. The van der Waals surface area contributed by atoms with Crippen LogP contribution in [0.15, 0.2) is 18.2 Å². The van der Waals surface area contributed by atoms with Crippen LogP contribution in [0.5, 0.6) is 0 Å². The highest BCUT2D eigenvalue weighted by atomic mass is 19.1. The quantitative estimate of drug-likeness (QED) is 0.807. The summed E-state index contributed by atoms with van der Waals surface area (Å²) in [4.78, 5) is 14.7. The van der Waals surface area contributed by atoms with Crippen LogP contribution in [-0.4, -0.2) is 29.4 Å². The van der Waals surface area contributed by atoms with Crippen LogP contribution in [0, 0.1) is 17.7 Å². The molecule has 0 aliphatic carbocycles. The molecule has 0 saturated carbocycles. The van der Waals surface area contributed by atoms with Gasteiger partial charge in [-0.25, -0.2) is 4.39 Å². The van der Waals surface area contributed by atoms with E-state index in [9.17, 15) is 9.18 Å². The molecule has 112 valence electrons. The minimum atomic E-state index is -0.396. The summed E-state index contributed by atoms with van der Waals surface area (Å²) in [6, 6.07) is 4.52. The topological polar surface area (TPSA) is 46.3 Å². The van der Waals surface area contributed by atoms with Gasteiger partial charge >= 0.3 is 0 Å². The Labute approximate surface area is 125 Å². The number of benzene rings is 1. The Morgan fingerprint density at radius 3 is 2.67 bits per heavy atom. The first-order valence-electron chi connectivity index (χ1n) is 7.35. The Hall–Kier alpha value is -1.86. The zero-order valence-electron chi connectivity index (χ0n) is 12.5. The van der Waals surface area contributed by atoms with E-state index in [0.29, 0.717) is 11.1 Å². The van der Waals surface area contributed by atoms with E-state index in [1.165, 1.54) is 18.2 Å². The third kappa shape index (κ3) is 3.43. The predicted molar refractivity (Wildman–Crippen MR) is 81.3 cm³/mol.